The average Bonchev–Trinajstić information content (AvgIpc) is 3.74. The number of nitrogens with zero attached hydrogens (tertiary/aromatic N) is 5. The molecule has 5 heteroatoms. The summed E-state index contributed by atoms with van der Waals surface area (Å²) in [6.07, 6.45) is 1.94. The lowest BCUT2D eigenvalue weighted by Gasteiger charge is -2.21. The lowest BCUT2D eigenvalue weighted by molar-refractivity contribution is 0.921. The van der Waals surface area contributed by atoms with E-state index in [2.05, 4.69) is 150 Å². The zero-order valence-corrected chi connectivity index (χ0v) is 29.2. The van der Waals surface area contributed by atoms with Crippen LogP contribution in [0.15, 0.2) is 158 Å². The van der Waals surface area contributed by atoms with Crippen molar-refractivity contribution in [1.29, 1.82) is 5.26 Å². The number of rotatable bonds is 5. The lowest BCUT2D eigenvalue weighted by atomic mass is 9.92. The molecule has 0 fully saturated rings. The molecule has 0 N–H and O–H groups in total. The largest absolute Gasteiger partial charge is 0.307 e. The van der Waals surface area contributed by atoms with E-state index in [0.717, 1.165) is 57.9 Å². The van der Waals surface area contributed by atoms with Crippen LogP contribution in [-0.2, 0) is 12.8 Å². The molecular weight excluding hydrogens is 647 g/mol. The molecule has 0 amide bonds. The smallest absolute Gasteiger partial charge is 0.160 e. The predicted octanol–water partition coefficient (Wildman–Crippen LogP) is 11.3. The number of nitriles is 1. The van der Waals surface area contributed by atoms with E-state index in [4.69, 9.17) is 9.97 Å². The zero-order valence-electron chi connectivity index (χ0n) is 29.2. The highest BCUT2D eigenvalue weighted by molar-refractivity contribution is 6.01. The number of fused-ring (bicyclic) bond motifs is 7. The third-order valence-corrected chi connectivity index (χ3v) is 10.5. The molecule has 0 aliphatic heterocycles. The minimum atomic E-state index is 0.596. The summed E-state index contributed by atoms with van der Waals surface area (Å²) < 4.78 is 4.91. The minimum absolute atomic E-state index is 0.596. The first-order valence-corrected chi connectivity index (χ1v) is 18.0. The summed E-state index contributed by atoms with van der Waals surface area (Å²) in [7, 11) is 0. The fourth-order valence-electron chi connectivity index (χ4n) is 8.19. The third kappa shape index (κ3) is 5.07. The van der Waals surface area contributed by atoms with Gasteiger partial charge < -0.3 is 9.13 Å². The first kappa shape index (κ1) is 30.8. The van der Waals surface area contributed by atoms with Crippen molar-refractivity contribution in [2.24, 2.45) is 0 Å². The molecule has 0 bridgehead atoms. The van der Waals surface area contributed by atoms with Crippen molar-refractivity contribution in [3.63, 3.8) is 0 Å². The Labute approximate surface area is 307 Å². The molecule has 0 saturated heterocycles. The maximum Gasteiger partial charge on any atom is 0.160 e. The third-order valence-electron chi connectivity index (χ3n) is 10.5. The molecule has 0 saturated carbocycles. The molecule has 0 spiro atoms. The Kier molecular flexibility index (Phi) is 7.16. The van der Waals surface area contributed by atoms with Crippen LogP contribution in [0.4, 0.5) is 0 Å². The topological polar surface area (TPSA) is 59.4 Å². The van der Waals surface area contributed by atoms with Crippen molar-refractivity contribution in [2.45, 2.75) is 19.8 Å². The van der Waals surface area contributed by atoms with E-state index in [-0.39, 0.29) is 0 Å². The fourth-order valence-corrected chi connectivity index (χ4v) is 8.19. The number of benzene rings is 6. The summed E-state index contributed by atoms with van der Waals surface area (Å²) in [4.78, 5) is 10.3. The highest BCUT2D eigenvalue weighted by atomic mass is 15.1. The van der Waals surface area contributed by atoms with Gasteiger partial charge >= 0.3 is 0 Å². The van der Waals surface area contributed by atoms with Crippen molar-refractivity contribution in [3.05, 3.63) is 180 Å². The van der Waals surface area contributed by atoms with Gasteiger partial charge in [-0.1, -0.05) is 103 Å². The van der Waals surface area contributed by atoms with Gasteiger partial charge in [-0.2, -0.15) is 5.26 Å². The Morgan fingerprint density at radius 3 is 1.72 bits per heavy atom. The molecular formula is C48H33N5. The molecule has 250 valence electrons. The quantitative estimate of drug-likeness (QED) is 0.182. The van der Waals surface area contributed by atoms with Crippen molar-refractivity contribution < 1.29 is 0 Å². The van der Waals surface area contributed by atoms with E-state index in [9.17, 15) is 5.26 Å². The van der Waals surface area contributed by atoms with Crippen LogP contribution in [0.25, 0.3) is 78.5 Å². The molecule has 6 aromatic carbocycles. The van der Waals surface area contributed by atoms with E-state index in [1.54, 1.807) is 0 Å². The first-order chi connectivity index (χ1) is 26.1. The van der Waals surface area contributed by atoms with Crippen LogP contribution in [0.1, 0.15) is 22.3 Å². The maximum atomic E-state index is 9.68. The normalized spacial score (nSPS) is 12.1. The summed E-state index contributed by atoms with van der Waals surface area (Å²) in [5, 5.41) is 12.3. The van der Waals surface area contributed by atoms with Crippen molar-refractivity contribution in [3.8, 4) is 62.7 Å². The van der Waals surface area contributed by atoms with Crippen molar-refractivity contribution >= 4 is 21.8 Å². The van der Waals surface area contributed by atoms with Gasteiger partial charge in [0.25, 0.3) is 0 Å². The highest BCUT2D eigenvalue weighted by Crippen LogP contribution is 2.47. The number of aryl methyl sites for hydroxylation is 3. The molecule has 10 rings (SSSR count). The first-order valence-electron chi connectivity index (χ1n) is 18.0. The van der Waals surface area contributed by atoms with Gasteiger partial charge in [0.1, 0.15) is 0 Å². The van der Waals surface area contributed by atoms with Gasteiger partial charge in [0, 0.05) is 38.8 Å². The van der Waals surface area contributed by atoms with Crippen molar-refractivity contribution in [2.75, 3.05) is 0 Å². The average molecular weight is 680 g/mol. The maximum absolute atomic E-state index is 9.68. The summed E-state index contributed by atoms with van der Waals surface area (Å²) in [5.41, 5.74) is 16.0. The van der Waals surface area contributed by atoms with Gasteiger partial charge in [-0.3, -0.25) is 0 Å². The molecule has 3 heterocycles. The van der Waals surface area contributed by atoms with Crippen LogP contribution in [0.5, 0.6) is 0 Å². The van der Waals surface area contributed by atoms with E-state index < -0.39 is 0 Å². The Balaban J connectivity index is 1.22. The van der Waals surface area contributed by atoms with Gasteiger partial charge in [0.15, 0.2) is 5.82 Å². The van der Waals surface area contributed by atoms with Gasteiger partial charge in [-0.15, -0.1) is 0 Å². The van der Waals surface area contributed by atoms with Crippen LogP contribution in [0.2, 0.25) is 0 Å². The SMILES string of the molecule is Cc1cccc(-c2cc(-c3cccc(C#N)c3)nc(-c3cccc(-n4c5c(c6ccccc64)CCc4c-5n(-c5ccccc5)c5ccccc45)c3)n2)c1. The molecule has 53 heavy (non-hydrogen) atoms. The van der Waals surface area contributed by atoms with E-state index in [1.807, 2.05) is 30.3 Å². The van der Waals surface area contributed by atoms with Crippen LogP contribution < -0.4 is 0 Å². The number of hydrogen-bond donors (Lipinski definition) is 0. The molecule has 3 aromatic heterocycles. The van der Waals surface area contributed by atoms with E-state index >= 15 is 0 Å². The molecule has 0 radical (unpaired) electrons. The van der Waals surface area contributed by atoms with Crippen LogP contribution >= 0.6 is 0 Å². The van der Waals surface area contributed by atoms with E-state index in [0.29, 0.717) is 11.4 Å². The van der Waals surface area contributed by atoms with Gasteiger partial charge in [0.05, 0.1) is 45.4 Å². The van der Waals surface area contributed by atoms with Gasteiger partial charge in [0.2, 0.25) is 0 Å². The van der Waals surface area contributed by atoms with Crippen molar-refractivity contribution in [1.82, 2.24) is 19.1 Å². The molecule has 1 aliphatic carbocycles. The molecule has 1 aliphatic rings. The van der Waals surface area contributed by atoms with Gasteiger partial charge in [-0.25, -0.2) is 9.97 Å². The Hall–Kier alpha value is -7.03. The Bertz CT molecular complexity index is 2920. The Morgan fingerprint density at radius 1 is 0.509 bits per heavy atom. The Morgan fingerprint density at radius 2 is 1.06 bits per heavy atom. The molecule has 5 nitrogen and oxygen atoms in total. The lowest BCUT2D eigenvalue weighted by Crippen LogP contribution is -2.09. The molecule has 0 unspecified atom stereocenters. The fraction of sp³-hybridized carbons (Fsp3) is 0.0625. The summed E-state index contributed by atoms with van der Waals surface area (Å²) in [5.74, 6) is 0.632. The highest BCUT2D eigenvalue weighted by Gasteiger charge is 2.31. The predicted molar refractivity (Wildman–Crippen MR) is 214 cm³/mol. The standard InChI is InChI=1S/C48H33N5/c1-31-12-9-14-33(26-31)42-29-43(34-15-10-13-32(27-34)30-49)51-48(50-42)35-16-11-19-37(28-35)53-45-23-8-6-21-39(45)41-25-24-40-38-20-5-7-22-44(38)52(46(40)47(41)53)36-17-3-2-4-18-36/h2-23,26-29H,24-25H2,1H3. The summed E-state index contributed by atoms with van der Waals surface area (Å²) >= 11 is 0. The zero-order chi connectivity index (χ0) is 35.5. The van der Waals surface area contributed by atoms with Gasteiger partial charge in [-0.05, 0) is 91.6 Å². The minimum Gasteiger partial charge on any atom is -0.307 e. The van der Waals surface area contributed by atoms with Crippen LogP contribution in [0.3, 0.4) is 0 Å². The van der Waals surface area contributed by atoms with Crippen LogP contribution in [0, 0.1) is 18.3 Å². The second kappa shape index (κ2) is 12.3. The number of para-hydroxylation sites is 3. The molecule has 0 atom stereocenters. The summed E-state index contributed by atoms with van der Waals surface area (Å²) in [6.45, 7) is 2.09. The number of hydrogen-bond acceptors (Lipinski definition) is 3. The molecule has 9 aromatic rings. The van der Waals surface area contributed by atoms with E-state index in [1.165, 1.54) is 44.3 Å². The second-order valence-corrected chi connectivity index (χ2v) is 13.8. The summed E-state index contributed by atoms with van der Waals surface area (Å²) in [6, 6.07) is 57.3. The number of aromatic nitrogens is 4. The second-order valence-electron chi connectivity index (χ2n) is 13.8. The van der Waals surface area contributed by atoms with Crippen LogP contribution in [-0.4, -0.2) is 19.1 Å². The monoisotopic (exact) mass is 679 g/mol.